The maximum absolute atomic E-state index is 8.95. The van der Waals surface area contributed by atoms with Crippen LogP contribution in [0.2, 0.25) is 0 Å². The smallest absolute Gasteiger partial charge is 0.425 e. The Morgan fingerprint density at radius 3 is 2.09 bits per heavy atom. The summed E-state index contributed by atoms with van der Waals surface area (Å²) >= 11 is 10.6. The molecule has 0 spiro atoms. The second kappa shape index (κ2) is 5.22. The average Bonchev–Trinajstić information content (AvgIpc) is 1.87. The van der Waals surface area contributed by atoms with Crippen LogP contribution in [0.5, 0.6) is 0 Å². The number of alkyl halides is 2. The normalized spacial score (nSPS) is 16.6. The Bertz CT molecular complexity index is 99.9. The Morgan fingerprint density at radius 2 is 1.82 bits per heavy atom. The van der Waals surface area contributed by atoms with Crippen LogP contribution < -0.4 is 0 Å². The van der Waals surface area contributed by atoms with Crippen LogP contribution in [0, 0.1) is 0 Å². The quantitative estimate of drug-likeness (QED) is 0.516. The van der Waals surface area contributed by atoms with E-state index in [0.29, 0.717) is 0 Å². The van der Waals surface area contributed by atoms with E-state index in [1.54, 1.807) is 13.8 Å². The van der Waals surface area contributed by atoms with Crippen molar-refractivity contribution in [1.29, 1.82) is 0 Å². The van der Waals surface area contributed by atoms with Gasteiger partial charge in [0.25, 0.3) is 0 Å². The van der Waals surface area contributed by atoms with E-state index >= 15 is 0 Å². The lowest BCUT2D eigenvalue weighted by molar-refractivity contribution is 0.0471. The van der Waals surface area contributed by atoms with Crippen LogP contribution in [0.25, 0.3) is 0 Å². The van der Waals surface area contributed by atoms with Crippen molar-refractivity contribution in [3.05, 3.63) is 0 Å². The van der Waals surface area contributed by atoms with Crippen molar-refractivity contribution >= 4 is 30.3 Å². The summed E-state index contributed by atoms with van der Waals surface area (Å²) in [5.74, 6) is 0. The molecule has 11 heavy (non-hydrogen) atoms. The molecular formula is C5H11BCl2O3. The molecule has 0 aromatic rings. The molecule has 3 nitrogen and oxygen atoms in total. The molecule has 0 amide bonds. The van der Waals surface area contributed by atoms with Crippen molar-refractivity contribution < 1.29 is 14.8 Å². The second-order valence-corrected chi connectivity index (χ2v) is 3.47. The SMILES string of the molecule is C[C@@H](O)[C@@H](C)OB(O)C(Cl)Cl. The van der Waals surface area contributed by atoms with E-state index in [1.165, 1.54) is 0 Å². The summed E-state index contributed by atoms with van der Waals surface area (Å²) in [6.07, 6.45) is -1.14. The summed E-state index contributed by atoms with van der Waals surface area (Å²) in [6.45, 7) is 3.17. The third kappa shape index (κ3) is 4.88. The number of aliphatic hydroxyl groups excluding tert-OH is 1. The van der Waals surface area contributed by atoms with Gasteiger partial charge in [-0.25, -0.2) is 0 Å². The molecule has 0 heterocycles. The zero-order chi connectivity index (χ0) is 9.02. The summed E-state index contributed by atoms with van der Waals surface area (Å²) in [5, 5.41) is 17.9. The maximum Gasteiger partial charge on any atom is 0.489 e. The highest BCUT2D eigenvalue weighted by Gasteiger charge is 2.26. The monoisotopic (exact) mass is 200 g/mol. The fourth-order valence-electron chi connectivity index (χ4n) is 0.393. The van der Waals surface area contributed by atoms with Gasteiger partial charge in [0.2, 0.25) is 0 Å². The highest BCUT2D eigenvalue weighted by molar-refractivity contribution is 6.72. The lowest BCUT2D eigenvalue weighted by Crippen LogP contribution is -2.35. The molecular weight excluding hydrogens is 190 g/mol. The molecule has 2 atom stereocenters. The molecule has 6 heteroatoms. The molecule has 0 aliphatic rings. The van der Waals surface area contributed by atoms with E-state index in [0.717, 1.165) is 0 Å². The fraction of sp³-hybridized carbons (Fsp3) is 1.00. The number of rotatable bonds is 4. The lowest BCUT2D eigenvalue weighted by atomic mass is 9.94. The van der Waals surface area contributed by atoms with Gasteiger partial charge in [0.15, 0.2) is 0 Å². The molecule has 0 bridgehead atoms. The van der Waals surface area contributed by atoms with Crippen molar-refractivity contribution in [2.45, 2.75) is 30.8 Å². The predicted molar refractivity (Wildman–Crippen MR) is 45.7 cm³/mol. The van der Waals surface area contributed by atoms with Gasteiger partial charge in [0, 0.05) is 0 Å². The summed E-state index contributed by atoms with van der Waals surface area (Å²) in [4.78, 5) is 0. The van der Waals surface area contributed by atoms with Gasteiger partial charge in [-0.1, -0.05) is 0 Å². The Morgan fingerprint density at radius 1 is 1.36 bits per heavy atom. The lowest BCUT2D eigenvalue weighted by Gasteiger charge is -2.18. The molecule has 0 aliphatic heterocycles. The predicted octanol–water partition coefficient (Wildman–Crippen LogP) is 0.596. The standard InChI is InChI=1S/C5H11BCl2O3/c1-3(9)4(2)11-6(10)5(7)8/h3-5,9-10H,1-2H3/t3-,4-/m1/s1. The van der Waals surface area contributed by atoms with E-state index in [-0.39, 0.29) is 0 Å². The molecule has 0 saturated heterocycles. The number of halogens is 2. The molecule has 0 aromatic carbocycles. The fourth-order valence-corrected chi connectivity index (χ4v) is 0.512. The summed E-state index contributed by atoms with van der Waals surface area (Å²) in [5.41, 5.74) is 0. The van der Waals surface area contributed by atoms with Gasteiger partial charge in [-0.05, 0) is 13.8 Å². The van der Waals surface area contributed by atoms with Crippen LogP contribution >= 0.6 is 23.2 Å². The van der Waals surface area contributed by atoms with Crippen molar-refractivity contribution in [2.24, 2.45) is 0 Å². The van der Waals surface area contributed by atoms with E-state index < -0.39 is 24.1 Å². The first-order chi connectivity index (χ1) is 4.95. The van der Waals surface area contributed by atoms with Crippen LogP contribution in [0.4, 0.5) is 0 Å². The van der Waals surface area contributed by atoms with Crippen LogP contribution in [-0.4, -0.2) is 34.2 Å². The minimum absolute atomic E-state index is 0.481. The van der Waals surface area contributed by atoms with Gasteiger partial charge in [-0.3, -0.25) is 0 Å². The first-order valence-corrected chi connectivity index (χ1v) is 4.12. The molecule has 0 saturated carbocycles. The first kappa shape index (κ1) is 11.5. The van der Waals surface area contributed by atoms with Crippen LogP contribution in [0.1, 0.15) is 13.8 Å². The minimum atomic E-state index is -1.25. The molecule has 0 radical (unpaired) electrons. The Balaban J connectivity index is 3.66. The van der Waals surface area contributed by atoms with E-state index in [1.807, 2.05) is 0 Å². The first-order valence-electron chi connectivity index (χ1n) is 3.25. The zero-order valence-corrected chi connectivity index (χ0v) is 7.88. The number of hydrogen-bond donors (Lipinski definition) is 2. The van der Waals surface area contributed by atoms with Gasteiger partial charge >= 0.3 is 7.12 Å². The van der Waals surface area contributed by atoms with Gasteiger partial charge in [-0.15, -0.1) is 23.2 Å². The van der Waals surface area contributed by atoms with Crippen LogP contribution in [-0.2, 0) is 4.65 Å². The number of aliphatic hydroxyl groups is 1. The van der Waals surface area contributed by atoms with Crippen LogP contribution in [0.15, 0.2) is 0 Å². The van der Waals surface area contributed by atoms with E-state index in [4.69, 9.17) is 38.0 Å². The van der Waals surface area contributed by atoms with E-state index in [2.05, 4.69) is 0 Å². The molecule has 0 aliphatic carbocycles. The third-order valence-electron chi connectivity index (χ3n) is 1.25. The van der Waals surface area contributed by atoms with E-state index in [9.17, 15) is 0 Å². The summed E-state index contributed by atoms with van der Waals surface area (Å²) in [6, 6.07) is 0. The van der Waals surface area contributed by atoms with Gasteiger partial charge < -0.3 is 14.8 Å². The van der Waals surface area contributed by atoms with Crippen molar-refractivity contribution in [1.82, 2.24) is 0 Å². The highest BCUT2D eigenvalue weighted by Crippen LogP contribution is 2.09. The summed E-state index contributed by atoms with van der Waals surface area (Å²) in [7, 11) is -1.25. The Labute approximate surface area is 76.4 Å². The highest BCUT2D eigenvalue weighted by atomic mass is 35.5. The largest absolute Gasteiger partial charge is 0.489 e. The molecule has 2 N–H and O–H groups in total. The minimum Gasteiger partial charge on any atom is -0.425 e. The zero-order valence-electron chi connectivity index (χ0n) is 6.37. The number of hydrogen-bond acceptors (Lipinski definition) is 3. The third-order valence-corrected chi connectivity index (χ3v) is 1.68. The topological polar surface area (TPSA) is 49.7 Å². The molecule has 0 aromatic heterocycles. The maximum atomic E-state index is 8.95. The van der Waals surface area contributed by atoms with Gasteiger partial charge in [0.05, 0.1) is 12.2 Å². The van der Waals surface area contributed by atoms with Crippen molar-refractivity contribution in [2.75, 3.05) is 0 Å². The molecule has 0 fully saturated rings. The van der Waals surface area contributed by atoms with Crippen molar-refractivity contribution in [3.63, 3.8) is 0 Å². The van der Waals surface area contributed by atoms with Gasteiger partial charge in [-0.2, -0.15) is 0 Å². The molecule has 66 valence electrons. The summed E-state index contributed by atoms with van der Waals surface area (Å²) < 4.78 is 3.83. The molecule has 0 rings (SSSR count). The molecule has 0 unspecified atom stereocenters. The second-order valence-electron chi connectivity index (χ2n) is 2.31. The average molecular weight is 201 g/mol. The Hall–Kier alpha value is 0.525. The van der Waals surface area contributed by atoms with Crippen LogP contribution in [0.3, 0.4) is 0 Å². The Kier molecular flexibility index (Phi) is 5.47. The van der Waals surface area contributed by atoms with Gasteiger partial charge in [0.1, 0.15) is 4.74 Å². The van der Waals surface area contributed by atoms with Crippen molar-refractivity contribution in [3.8, 4) is 0 Å².